The van der Waals surface area contributed by atoms with E-state index < -0.39 is 0 Å². The molecule has 0 aromatic heterocycles. The van der Waals surface area contributed by atoms with Crippen LogP contribution in [0.1, 0.15) is 45.6 Å². The quantitative estimate of drug-likeness (QED) is 0.769. The van der Waals surface area contributed by atoms with Crippen LogP contribution in [0.2, 0.25) is 0 Å². The van der Waals surface area contributed by atoms with Gasteiger partial charge in [-0.05, 0) is 54.7 Å². The SMILES string of the molecule is CC(C)CNCC(C(C)C)C1CC1c1ccccc1. The van der Waals surface area contributed by atoms with E-state index in [2.05, 4.69) is 63.3 Å². The van der Waals surface area contributed by atoms with Crippen molar-refractivity contribution in [1.29, 1.82) is 0 Å². The molecule has 0 spiro atoms. The lowest BCUT2D eigenvalue weighted by atomic mass is 9.88. The molecule has 1 aromatic carbocycles. The summed E-state index contributed by atoms with van der Waals surface area (Å²) in [6.07, 6.45) is 1.39. The monoisotopic (exact) mass is 259 g/mol. The second kappa shape index (κ2) is 6.56. The summed E-state index contributed by atoms with van der Waals surface area (Å²) < 4.78 is 0. The number of benzene rings is 1. The summed E-state index contributed by atoms with van der Waals surface area (Å²) in [5.41, 5.74) is 1.54. The average molecular weight is 259 g/mol. The van der Waals surface area contributed by atoms with Gasteiger partial charge in [0.25, 0.3) is 0 Å². The highest BCUT2D eigenvalue weighted by molar-refractivity contribution is 5.26. The van der Waals surface area contributed by atoms with E-state index in [-0.39, 0.29) is 0 Å². The van der Waals surface area contributed by atoms with Gasteiger partial charge in [-0.2, -0.15) is 0 Å². The Morgan fingerprint density at radius 3 is 2.32 bits per heavy atom. The molecule has 3 atom stereocenters. The Morgan fingerprint density at radius 1 is 1.05 bits per heavy atom. The fourth-order valence-electron chi connectivity index (χ4n) is 3.19. The van der Waals surface area contributed by atoms with E-state index in [0.717, 1.165) is 36.1 Å². The van der Waals surface area contributed by atoms with Gasteiger partial charge in [0.05, 0.1) is 0 Å². The lowest BCUT2D eigenvalue weighted by molar-refractivity contribution is 0.312. The molecule has 1 aromatic rings. The Hall–Kier alpha value is -0.820. The molecule has 1 N–H and O–H groups in total. The van der Waals surface area contributed by atoms with E-state index >= 15 is 0 Å². The zero-order chi connectivity index (χ0) is 13.8. The predicted octanol–water partition coefficient (Wildman–Crippen LogP) is 4.31. The largest absolute Gasteiger partial charge is 0.316 e. The zero-order valence-electron chi connectivity index (χ0n) is 12.9. The summed E-state index contributed by atoms with van der Waals surface area (Å²) in [4.78, 5) is 0. The predicted molar refractivity (Wildman–Crippen MR) is 83.3 cm³/mol. The highest BCUT2D eigenvalue weighted by Gasteiger charge is 2.44. The molecule has 0 saturated heterocycles. The smallest absolute Gasteiger partial charge is 0.00151 e. The van der Waals surface area contributed by atoms with Crippen LogP contribution in [-0.4, -0.2) is 13.1 Å². The molecule has 106 valence electrons. The van der Waals surface area contributed by atoms with Gasteiger partial charge in [-0.25, -0.2) is 0 Å². The molecule has 0 bridgehead atoms. The first-order valence-corrected chi connectivity index (χ1v) is 7.85. The fourth-order valence-corrected chi connectivity index (χ4v) is 3.19. The van der Waals surface area contributed by atoms with Gasteiger partial charge in [0.1, 0.15) is 0 Å². The molecule has 1 saturated carbocycles. The number of rotatable bonds is 7. The van der Waals surface area contributed by atoms with Crippen LogP contribution in [-0.2, 0) is 0 Å². The second-order valence-electron chi connectivity index (χ2n) is 6.88. The van der Waals surface area contributed by atoms with Crippen LogP contribution in [0.25, 0.3) is 0 Å². The Labute approximate surface area is 118 Å². The highest BCUT2D eigenvalue weighted by atomic mass is 14.9. The molecule has 1 fully saturated rings. The van der Waals surface area contributed by atoms with Crippen molar-refractivity contribution in [3.63, 3.8) is 0 Å². The van der Waals surface area contributed by atoms with Crippen molar-refractivity contribution in [2.24, 2.45) is 23.7 Å². The summed E-state index contributed by atoms with van der Waals surface area (Å²) in [6.45, 7) is 11.6. The third kappa shape index (κ3) is 4.07. The summed E-state index contributed by atoms with van der Waals surface area (Å²) >= 11 is 0. The highest BCUT2D eigenvalue weighted by Crippen LogP contribution is 2.53. The minimum atomic E-state index is 0.747. The molecule has 0 aliphatic heterocycles. The van der Waals surface area contributed by atoms with Crippen molar-refractivity contribution < 1.29 is 0 Å². The van der Waals surface area contributed by atoms with Gasteiger partial charge in [0.2, 0.25) is 0 Å². The van der Waals surface area contributed by atoms with E-state index in [0.29, 0.717) is 0 Å². The Morgan fingerprint density at radius 2 is 1.74 bits per heavy atom. The number of hydrogen-bond donors (Lipinski definition) is 1. The Bertz CT molecular complexity index is 369. The van der Waals surface area contributed by atoms with E-state index in [9.17, 15) is 0 Å². The van der Waals surface area contributed by atoms with Crippen LogP contribution in [0.3, 0.4) is 0 Å². The molecular formula is C18H29N. The Balaban J connectivity index is 1.88. The van der Waals surface area contributed by atoms with Crippen LogP contribution < -0.4 is 5.32 Å². The maximum absolute atomic E-state index is 3.66. The molecule has 1 nitrogen and oxygen atoms in total. The van der Waals surface area contributed by atoms with Crippen molar-refractivity contribution in [1.82, 2.24) is 5.32 Å². The fraction of sp³-hybridized carbons (Fsp3) is 0.667. The van der Waals surface area contributed by atoms with E-state index in [1.54, 1.807) is 5.56 Å². The van der Waals surface area contributed by atoms with Gasteiger partial charge < -0.3 is 5.32 Å². The first kappa shape index (κ1) is 14.6. The van der Waals surface area contributed by atoms with Crippen LogP contribution in [0.15, 0.2) is 30.3 Å². The van der Waals surface area contributed by atoms with E-state index in [4.69, 9.17) is 0 Å². The van der Waals surface area contributed by atoms with Gasteiger partial charge in [-0.3, -0.25) is 0 Å². The van der Waals surface area contributed by atoms with Gasteiger partial charge in [0.15, 0.2) is 0 Å². The molecule has 1 aliphatic rings. The van der Waals surface area contributed by atoms with Gasteiger partial charge >= 0.3 is 0 Å². The van der Waals surface area contributed by atoms with Crippen molar-refractivity contribution in [2.75, 3.05) is 13.1 Å². The van der Waals surface area contributed by atoms with Gasteiger partial charge in [0, 0.05) is 0 Å². The van der Waals surface area contributed by atoms with E-state index in [1.165, 1.54) is 13.0 Å². The maximum Gasteiger partial charge on any atom is -0.00151 e. The van der Waals surface area contributed by atoms with Crippen molar-refractivity contribution >= 4 is 0 Å². The van der Waals surface area contributed by atoms with Crippen molar-refractivity contribution in [3.8, 4) is 0 Å². The molecule has 1 heteroatoms. The molecule has 0 radical (unpaired) electrons. The van der Waals surface area contributed by atoms with Crippen LogP contribution >= 0.6 is 0 Å². The van der Waals surface area contributed by atoms with Gasteiger partial charge in [-0.1, -0.05) is 58.0 Å². The standard InChI is InChI=1S/C18H29N/c1-13(2)11-19-12-18(14(3)4)17-10-16(17)15-8-6-5-7-9-15/h5-9,13-14,16-19H,10-12H2,1-4H3. The minimum absolute atomic E-state index is 0.747. The van der Waals surface area contributed by atoms with Crippen molar-refractivity contribution in [3.05, 3.63) is 35.9 Å². The van der Waals surface area contributed by atoms with E-state index in [1.807, 2.05) is 0 Å². The molecule has 1 aliphatic carbocycles. The normalized spacial score (nSPS) is 23.9. The zero-order valence-corrected chi connectivity index (χ0v) is 12.9. The Kier molecular flexibility index (Phi) is 5.04. The first-order valence-electron chi connectivity index (χ1n) is 7.85. The minimum Gasteiger partial charge on any atom is -0.316 e. The number of hydrogen-bond acceptors (Lipinski definition) is 1. The second-order valence-corrected chi connectivity index (χ2v) is 6.88. The molecule has 0 heterocycles. The average Bonchev–Trinajstić information content (AvgIpc) is 3.15. The lowest BCUT2D eigenvalue weighted by Gasteiger charge is -2.22. The topological polar surface area (TPSA) is 12.0 Å². The lowest BCUT2D eigenvalue weighted by Crippen LogP contribution is -2.30. The summed E-state index contributed by atoms with van der Waals surface area (Å²) in [5.74, 6) is 4.05. The van der Waals surface area contributed by atoms with Crippen LogP contribution in [0, 0.1) is 23.7 Å². The first-order chi connectivity index (χ1) is 9.09. The molecule has 19 heavy (non-hydrogen) atoms. The van der Waals surface area contributed by atoms with Gasteiger partial charge in [-0.15, -0.1) is 0 Å². The molecule has 0 amide bonds. The maximum atomic E-state index is 3.66. The summed E-state index contributed by atoms with van der Waals surface area (Å²) in [6, 6.07) is 11.1. The summed E-state index contributed by atoms with van der Waals surface area (Å²) in [5, 5.41) is 3.66. The third-order valence-corrected chi connectivity index (χ3v) is 4.41. The van der Waals surface area contributed by atoms with Crippen molar-refractivity contribution in [2.45, 2.75) is 40.0 Å². The van der Waals surface area contributed by atoms with Crippen LogP contribution in [0.5, 0.6) is 0 Å². The molecule has 2 rings (SSSR count). The third-order valence-electron chi connectivity index (χ3n) is 4.41. The molecular weight excluding hydrogens is 230 g/mol. The molecule has 3 unspecified atom stereocenters. The number of nitrogens with one attached hydrogen (secondary N) is 1. The van der Waals surface area contributed by atoms with Crippen LogP contribution in [0.4, 0.5) is 0 Å². The summed E-state index contributed by atoms with van der Waals surface area (Å²) in [7, 11) is 0.